The molecule has 0 bridgehead atoms. The summed E-state index contributed by atoms with van der Waals surface area (Å²) in [5.74, 6) is -1.06. The van der Waals surface area contributed by atoms with Gasteiger partial charge in [0.1, 0.15) is 0 Å². The fourth-order valence-corrected chi connectivity index (χ4v) is 3.17. The van der Waals surface area contributed by atoms with E-state index in [2.05, 4.69) is 0 Å². The molecule has 0 aliphatic carbocycles. The topological polar surface area (TPSA) is 46.1 Å². The molecule has 0 radical (unpaired) electrons. The molecule has 112 valence electrons. The van der Waals surface area contributed by atoms with Crippen LogP contribution in [0.15, 0.2) is 12.1 Å². The molecule has 2 nitrogen and oxygen atoms in total. The van der Waals surface area contributed by atoms with Crippen LogP contribution in [-0.2, 0) is 6.42 Å². The first-order valence-corrected chi connectivity index (χ1v) is 7.67. The predicted octanol–water partition coefficient (Wildman–Crippen LogP) is -0.647. The Morgan fingerprint density at radius 2 is 0.957 bits per heavy atom. The van der Waals surface area contributed by atoms with Crippen LogP contribution in [-0.4, -0.2) is 0 Å². The van der Waals surface area contributed by atoms with E-state index in [9.17, 15) is 10.2 Å². The molecule has 0 saturated carbocycles. The Morgan fingerprint density at radius 3 is 1.26 bits per heavy atom. The SMILES string of the molecule is [K+].[Na+].[O-]c1c(Cl)cc(Cl)c(Cl)c1Cc1c([O-])c(Cl)cc(Cl)c1Cl. The van der Waals surface area contributed by atoms with Crippen LogP contribution in [0.3, 0.4) is 0 Å². The van der Waals surface area contributed by atoms with Crippen molar-refractivity contribution in [3.63, 3.8) is 0 Å². The van der Waals surface area contributed by atoms with Crippen molar-refractivity contribution in [3.05, 3.63) is 53.4 Å². The number of hydrogen-bond acceptors (Lipinski definition) is 2. The van der Waals surface area contributed by atoms with Crippen molar-refractivity contribution in [2.24, 2.45) is 0 Å². The van der Waals surface area contributed by atoms with Gasteiger partial charge in [-0.2, -0.15) is 0 Å². The van der Waals surface area contributed by atoms with Gasteiger partial charge in [-0.05, 0) is 29.7 Å². The smallest absolute Gasteiger partial charge is 0.871 e. The summed E-state index contributed by atoms with van der Waals surface area (Å²) in [4.78, 5) is 0. The molecule has 0 fully saturated rings. The zero-order valence-corrected chi connectivity index (χ0v) is 21.6. The summed E-state index contributed by atoms with van der Waals surface area (Å²) in [5, 5.41) is 24.1. The predicted molar refractivity (Wildman–Crippen MR) is 84.6 cm³/mol. The average molecular weight is 467 g/mol. The minimum absolute atomic E-state index is 0. The van der Waals surface area contributed by atoms with E-state index < -0.39 is 11.5 Å². The molecule has 0 amide bonds. The summed E-state index contributed by atoms with van der Waals surface area (Å²) in [6.45, 7) is 0. The van der Waals surface area contributed by atoms with E-state index in [0.717, 1.165) is 0 Å². The molecule has 23 heavy (non-hydrogen) atoms. The number of halogens is 6. The van der Waals surface area contributed by atoms with Crippen molar-refractivity contribution < 1.29 is 91.2 Å². The minimum atomic E-state index is -0.530. The second kappa shape index (κ2) is 10.7. The summed E-state index contributed by atoms with van der Waals surface area (Å²) in [6, 6.07) is 2.48. The number of benzene rings is 2. The van der Waals surface area contributed by atoms with Gasteiger partial charge in [0.25, 0.3) is 0 Å². The first kappa shape index (κ1) is 25.4. The fraction of sp³-hybridized carbons (Fsp3) is 0.0769. The molecule has 0 saturated heterocycles. The first-order valence-electron chi connectivity index (χ1n) is 5.40. The maximum atomic E-state index is 12.1. The zero-order chi connectivity index (χ0) is 15.9. The minimum Gasteiger partial charge on any atom is -0.871 e. The van der Waals surface area contributed by atoms with Crippen molar-refractivity contribution in [2.75, 3.05) is 0 Å². The maximum Gasteiger partial charge on any atom is 1.00 e. The summed E-state index contributed by atoms with van der Waals surface area (Å²) >= 11 is 35.3. The molecule has 2 aromatic carbocycles. The Labute approximate surface area is 228 Å². The summed E-state index contributed by atoms with van der Waals surface area (Å²) in [7, 11) is 0. The number of hydrogen-bond donors (Lipinski definition) is 0. The van der Waals surface area contributed by atoms with Gasteiger partial charge in [-0.3, -0.25) is 0 Å². The Morgan fingerprint density at radius 1 is 0.652 bits per heavy atom. The Balaban J connectivity index is 0.00000242. The Kier molecular flexibility index (Phi) is 11.8. The molecule has 0 aliphatic rings. The maximum absolute atomic E-state index is 12.1. The van der Waals surface area contributed by atoms with Crippen molar-refractivity contribution >= 4 is 69.6 Å². The van der Waals surface area contributed by atoms with Crippen molar-refractivity contribution in [1.29, 1.82) is 0 Å². The number of rotatable bonds is 2. The van der Waals surface area contributed by atoms with Crippen LogP contribution in [0.5, 0.6) is 11.5 Å². The van der Waals surface area contributed by atoms with Crippen LogP contribution in [0.25, 0.3) is 0 Å². The standard InChI is InChI=1S/C13H6Cl6O2.K.Na/c14-6-2-8(16)12(20)4(10(6)18)1-5-11(19)7(15)3-9(17)13(5)21;;/h2-3,20-21H,1H2;;/q;2*+1/p-2. The van der Waals surface area contributed by atoms with Crippen LogP contribution in [0.2, 0.25) is 30.1 Å². The molecule has 0 unspecified atom stereocenters. The van der Waals surface area contributed by atoms with E-state index in [1.54, 1.807) is 0 Å². The third-order valence-electron chi connectivity index (χ3n) is 2.79. The van der Waals surface area contributed by atoms with Crippen molar-refractivity contribution in [1.82, 2.24) is 0 Å². The van der Waals surface area contributed by atoms with Gasteiger partial charge in [-0.25, -0.2) is 0 Å². The molecule has 10 heteroatoms. The Hall–Kier alpha value is 2.42. The molecule has 0 spiro atoms. The third-order valence-corrected chi connectivity index (χ3v) is 5.01. The van der Waals surface area contributed by atoms with Gasteiger partial charge < -0.3 is 10.2 Å². The van der Waals surface area contributed by atoms with Crippen LogP contribution in [0.4, 0.5) is 0 Å². The van der Waals surface area contributed by atoms with Gasteiger partial charge in [0.2, 0.25) is 0 Å². The normalized spacial score (nSPS) is 10.0. The molecule has 0 aliphatic heterocycles. The molecule has 0 N–H and O–H groups in total. The van der Waals surface area contributed by atoms with E-state index in [4.69, 9.17) is 69.6 Å². The molecule has 0 aromatic heterocycles. The van der Waals surface area contributed by atoms with Crippen LogP contribution < -0.4 is 91.2 Å². The Bertz CT molecular complexity index is 627. The fourth-order valence-electron chi connectivity index (χ4n) is 1.75. The molecule has 0 heterocycles. The van der Waals surface area contributed by atoms with E-state index in [-0.39, 0.29) is 129 Å². The van der Waals surface area contributed by atoms with E-state index in [1.165, 1.54) is 12.1 Å². The summed E-state index contributed by atoms with van der Waals surface area (Å²) in [6.07, 6.45) is -0.171. The zero-order valence-electron chi connectivity index (χ0n) is 11.9. The molecular formula is C13H4Cl6KNaO2. The largest absolute Gasteiger partial charge is 1.00 e. The van der Waals surface area contributed by atoms with Gasteiger partial charge in [0, 0.05) is 10.0 Å². The first-order chi connectivity index (χ1) is 9.73. The monoisotopic (exact) mass is 464 g/mol. The van der Waals surface area contributed by atoms with Gasteiger partial charge in [0.05, 0.1) is 20.1 Å². The second-order valence-corrected chi connectivity index (χ2v) is 6.49. The van der Waals surface area contributed by atoms with Crippen LogP contribution >= 0.6 is 69.6 Å². The van der Waals surface area contributed by atoms with Crippen LogP contribution in [0, 0.1) is 0 Å². The van der Waals surface area contributed by atoms with E-state index in [0.29, 0.717) is 0 Å². The second-order valence-electron chi connectivity index (χ2n) is 4.10. The molecule has 2 rings (SSSR count). The van der Waals surface area contributed by atoms with Gasteiger partial charge >= 0.3 is 80.9 Å². The van der Waals surface area contributed by atoms with E-state index in [1.807, 2.05) is 0 Å². The third kappa shape index (κ3) is 5.69. The van der Waals surface area contributed by atoms with Crippen molar-refractivity contribution in [2.45, 2.75) is 6.42 Å². The quantitative estimate of drug-likeness (QED) is 0.436. The summed E-state index contributed by atoms with van der Waals surface area (Å²) < 4.78 is 0. The average Bonchev–Trinajstić information content (AvgIpc) is 2.42. The molecule has 2 aromatic rings. The van der Waals surface area contributed by atoms with Gasteiger partial charge in [-0.15, -0.1) is 0 Å². The summed E-state index contributed by atoms with van der Waals surface area (Å²) in [5.41, 5.74) is 0.123. The van der Waals surface area contributed by atoms with E-state index >= 15 is 0 Å². The molecule has 0 atom stereocenters. The van der Waals surface area contributed by atoms with Gasteiger partial charge in [0.15, 0.2) is 0 Å². The van der Waals surface area contributed by atoms with Crippen molar-refractivity contribution in [3.8, 4) is 11.5 Å². The van der Waals surface area contributed by atoms with Crippen LogP contribution in [0.1, 0.15) is 11.1 Å². The molecular weight excluding hydrogens is 463 g/mol. The van der Waals surface area contributed by atoms with Gasteiger partial charge in [-0.1, -0.05) is 81.1 Å².